The summed E-state index contributed by atoms with van der Waals surface area (Å²) in [4.78, 5) is 0. The van der Waals surface area contributed by atoms with E-state index in [9.17, 15) is 0 Å². The number of aryl methyl sites for hydroxylation is 1. The van der Waals surface area contributed by atoms with Crippen LogP contribution in [0.5, 0.6) is 0 Å². The first-order valence-corrected chi connectivity index (χ1v) is 6.15. The standard InChI is InChI=1S/C13H17BrN2/c1-10-4-5-11(14)8-12(10)16-7-6-13(2,3)9-15/h4-5,8,16H,6-7H2,1-3H3. The first-order valence-electron chi connectivity index (χ1n) is 5.36. The largest absolute Gasteiger partial charge is 0.385 e. The Morgan fingerprint density at radius 2 is 2.12 bits per heavy atom. The van der Waals surface area contributed by atoms with Crippen molar-refractivity contribution in [1.29, 1.82) is 5.26 Å². The van der Waals surface area contributed by atoms with Crippen LogP contribution in [0.1, 0.15) is 25.8 Å². The van der Waals surface area contributed by atoms with Crippen LogP contribution < -0.4 is 5.32 Å². The predicted octanol–water partition coefficient (Wildman–Crippen LogP) is 4.11. The molecule has 86 valence electrons. The summed E-state index contributed by atoms with van der Waals surface area (Å²) in [6.07, 6.45) is 0.843. The van der Waals surface area contributed by atoms with Gasteiger partial charge < -0.3 is 5.32 Å². The van der Waals surface area contributed by atoms with Crippen molar-refractivity contribution in [2.45, 2.75) is 27.2 Å². The van der Waals surface area contributed by atoms with E-state index in [4.69, 9.17) is 5.26 Å². The van der Waals surface area contributed by atoms with E-state index in [-0.39, 0.29) is 5.41 Å². The van der Waals surface area contributed by atoms with Crippen LogP contribution in [0.2, 0.25) is 0 Å². The Bertz CT molecular complexity index is 405. The van der Waals surface area contributed by atoms with Gasteiger partial charge in [-0.05, 0) is 44.9 Å². The molecule has 0 fully saturated rings. The van der Waals surface area contributed by atoms with Gasteiger partial charge in [-0.1, -0.05) is 22.0 Å². The molecule has 1 N–H and O–H groups in total. The first kappa shape index (κ1) is 13.1. The summed E-state index contributed by atoms with van der Waals surface area (Å²) in [5, 5.41) is 12.3. The van der Waals surface area contributed by atoms with Crippen molar-refractivity contribution < 1.29 is 0 Å². The van der Waals surface area contributed by atoms with Crippen molar-refractivity contribution in [1.82, 2.24) is 0 Å². The zero-order chi connectivity index (χ0) is 12.2. The van der Waals surface area contributed by atoms with Crippen molar-refractivity contribution >= 4 is 21.6 Å². The number of hydrogen-bond acceptors (Lipinski definition) is 2. The Morgan fingerprint density at radius 3 is 2.75 bits per heavy atom. The lowest BCUT2D eigenvalue weighted by Gasteiger charge is -2.16. The molecular weight excluding hydrogens is 264 g/mol. The third-order valence-corrected chi connectivity index (χ3v) is 3.06. The topological polar surface area (TPSA) is 35.8 Å². The Labute approximate surface area is 106 Å². The lowest BCUT2D eigenvalue weighted by atomic mass is 9.91. The molecule has 0 bridgehead atoms. The maximum Gasteiger partial charge on any atom is 0.0684 e. The average molecular weight is 281 g/mol. The van der Waals surface area contributed by atoms with Crippen LogP contribution in [0.25, 0.3) is 0 Å². The molecule has 0 amide bonds. The molecule has 0 heterocycles. The summed E-state index contributed by atoms with van der Waals surface area (Å²) in [6.45, 7) is 6.81. The number of nitrogens with zero attached hydrogens (tertiary/aromatic N) is 1. The van der Waals surface area contributed by atoms with E-state index in [1.807, 2.05) is 19.9 Å². The van der Waals surface area contributed by atoms with Gasteiger partial charge in [0.15, 0.2) is 0 Å². The molecule has 0 aromatic heterocycles. The van der Waals surface area contributed by atoms with Crippen LogP contribution in [0.15, 0.2) is 22.7 Å². The fraction of sp³-hybridized carbons (Fsp3) is 0.462. The number of anilines is 1. The van der Waals surface area contributed by atoms with Crippen LogP contribution >= 0.6 is 15.9 Å². The quantitative estimate of drug-likeness (QED) is 0.901. The highest BCUT2D eigenvalue weighted by molar-refractivity contribution is 9.10. The van der Waals surface area contributed by atoms with Crippen LogP contribution in [0.4, 0.5) is 5.69 Å². The fourth-order valence-corrected chi connectivity index (χ4v) is 1.71. The molecule has 0 atom stereocenters. The second-order valence-electron chi connectivity index (χ2n) is 4.63. The molecule has 0 saturated heterocycles. The fourth-order valence-electron chi connectivity index (χ4n) is 1.35. The third kappa shape index (κ3) is 3.86. The van der Waals surface area contributed by atoms with E-state index < -0.39 is 0 Å². The smallest absolute Gasteiger partial charge is 0.0684 e. The highest BCUT2D eigenvalue weighted by Crippen LogP contribution is 2.22. The number of nitrogens with one attached hydrogen (secondary N) is 1. The van der Waals surface area contributed by atoms with E-state index in [1.165, 1.54) is 5.56 Å². The summed E-state index contributed by atoms with van der Waals surface area (Å²) >= 11 is 3.45. The molecule has 2 nitrogen and oxygen atoms in total. The van der Waals surface area contributed by atoms with Gasteiger partial charge in [-0.2, -0.15) is 5.26 Å². The molecule has 16 heavy (non-hydrogen) atoms. The highest BCUT2D eigenvalue weighted by Gasteiger charge is 2.15. The van der Waals surface area contributed by atoms with E-state index in [1.54, 1.807) is 0 Å². The number of benzene rings is 1. The van der Waals surface area contributed by atoms with Crippen LogP contribution in [0, 0.1) is 23.7 Å². The SMILES string of the molecule is Cc1ccc(Br)cc1NCCC(C)(C)C#N. The van der Waals surface area contributed by atoms with Crippen molar-refractivity contribution in [2.24, 2.45) is 5.41 Å². The highest BCUT2D eigenvalue weighted by atomic mass is 79.9. The first-order chi connectivity index (χ1) is 7.44. The summed E-state index contributed by atoms with van der Waals surface area (Å²) in [6, 6.07) is 8.47. The van der Waals surface area contributed by atoms with Gasteiger partial charge in [0.05, 0.1) is 11.5 Å². The molecule has 0 aliphatic heterocycles. The maximum absolute atomic E-state index is 8.90. The van der Waals surface area contributed by atoms with Gasteiger partial charge in [-0.25, -0.2) is 0 Å². The number of halogens is 1. The van der Waals surface area contributed by atoms with Gasteiger partial charge in [0, 0.05) is 16.7 Å². The third-order valence-electron chi connectivity index (χ3n) is 2.57. The minimum atomic E-state index is -0.257. The molecule has 0 radical (unpaired) electrons. The molecule has 0 spiro atoms. The van der Waals surface area contributed by atoms with Crippen molar-refractivity contribution in [3.05, 3.63) is 28.2 Å². The van der Waals surface area contributed by atoms with E-state index in [0.29, 0.717) is 0 Å². The number of hydrogen-bond donors (Lipinski definition) is 1. The van der Waals surface area contributed by atoms with Gasteiger partial charge in [-0.15, -0.1) is 0 Å². The summed E-state index contributed by atoms with van der Waals surface area (Å²) < 4.78 is 1.07. The Hall–Kier alpha value is -1.01. The normalized spacial score (nSPS) is 10.9. The minimum Gasteiger partial charge on any atom is -0.385 e. The Morgan fingerprint density at radius 1 is 1.44 bits per heavy atom. The second-order valence-corrected chi connectivity index (χ2v) is 5.55. The summed E-state index contributed by atoms with van der Waals surface area (Å²) in [5.74, 6) is 0. The zero-order valence-corrected chi connectivity index (χ0v) is 11.6. The average Bonchev–Trinajstić information content (AvgIpc) is 2.23. The van der Waals surface area contributed by atoms with Crippen molar-refractivity contribution in [3.63, 3.8) is 0 Å². The van der Waals surface area contributed by atoms with Gasteiger partial charge in [0.2, 0.25) is 0 Å². The van der Waals surface area contributed by atoms with Crippen molar-refractivity contribution in [3.8, 4) is 6.07 Å². The number of nitriles is 1. The molecule has 0 saturated carbocycles. The summed E-state index contributed by atoms with van der Waals surface area (Å²) in [5.41, 5.74) is 2.09. The molecule has 1 rings (SSSR count). The zero-order valence-electron chi connectivity index (χ0n) is 9.97. The van der Waals surface area contributed by atoms with Gasteiger partial charge in [0.1, 0.15) is 0 Å². The van der Waals surface area contributed by atoms with E-state index in [0.717, 1.165) is 23.1 Å². The lowest BCUT2D eigenvalue weighted by molar-refractivity contribution is 0.466. The van der Waals surface area contributed by atoms with Crippen LogP contribution in [0.3, 0.4) is 0 Å². The lowest BCUT2D eigenvalue weighted by Crippen LogP contribution is -2.14. The molecule has 3 heteroatoms. The van der Waals surface area contributed by atoms with Gasteiger partial charge in [0.25, 0.3) is 0 Å². The van der Waals surface area contributed by atoms with Crippen LogP contribution in [-0.4, -0.2) is 6.54 Å². The second kappa shape index (κ2) is 5.36. The minimum absolute atomic E-state index is 0.257. The molecule has 0 aliphatic carbocycles. The van der Waals surface area contributed by atoms with Gasteiger partial charge >= 0.3 is 0 Å². The molecule has 0 aliphatic rings. The van der Waals surface area contributed by atoms with E-state index in [2.05, 4.69) is 46.4 Å². The maximum atomic E-state index is 8.90. The molecular formula is C13H17BrN2. The van der Waals surface area contributed by atoms with Gasteiger partial charge in [-0.3, -0.25) is 0 Å². The molecule has 1 aromatic carbocycles. The molecule has 1 aromatic rings. The predicted molar refractivity (Wildman–Crippen MR) is 71.4 cm³/mol. The Balaban J connectivity index is 2.56. The van der Waals surface area contributed by atoms with Crippen molar-refractivity contribution in [2.75, 3.05) is 11.9 Å². The Kier molecular flexibility index (Phi) is 4.37. The number of rotatable bonds is 4. The summed E-state index contributed by atoms with van der Waals surface area (Å²) in [7, 11) is 0. The van der Waals surface area contributed by atoms with Crippen LogP contribution in [-0.2, 0) is 0 Å². The monoisotopic (exact) mass is 280 g/mol. The molecule has 0 unspecified atom stereocenters. The van der Waals surface area contributed by atoms with E-state index >= 15 is 0 Å².